The lowest BCUT2D eigenvalue weighted by molar-refractivity contribution is -0.142. The van der Waals surface area contributed by atoms with Gasteiger partial charge in [0.25, 0.3) is 0 Å². The lowest BCUT2D eigenvalue weighted by Gasteiger charge is -2.41. The van der Waals surface area contributed by atoms with Crippen molar-refractivity contribution in [1.29, 1.82) is 0 Å². The fraction of sp³-hybridized carbons (Fsp3) is 0.319. The Labute approximate surface area is 359 Å². The Morgan fingerprint density at radius 2 is 1.62 bits per heavy atom. The minimum atomic E-state index is -1.21. The molecule has 2 N–H and O–H groups in total. The van der Waals surface area contributed by atoms with Crippen LogP contribution in [0.1, 0.15) is 64.4 Å². The second kappa shape index (κ2) is 17.8. The number of carbonyl (C=O) groups excluding carboxylic acids is 2. The number of amides is 3. The van der Waals surface area contributed by atoms with Crippen molar-refractivity contribution in [3.8, 4) is 28.4 Å². The minimum absolute atomic E-state index is 0.0768. The monoisotopic (exact) mass is 848 g/mol. The molecule has 310 valence electrons. The summed E-state index contributed by atoms with van der Waals surface area (Å²) >= 11 is 12.2. The standard InChI is InChI=1S/C47H46Cl2N4O7/c1-28-29(2)50-17-16-37(28)32-9-6-30(7-10-32)21-40(46(55)56)51-45(54)41-22-34-23-42-43(24-35(34)25-53(41)47(57)52-18-4-3-5-19-52)60-44(27-59-42)33-11-13-36(14-12-33)58-26-31-8-15-38(48)39(49)20-31/h6-17,20,23-24,40-41,44H,3-5,18-19,21-22,25-27H2,1-2H3,(H,51,54)(H,55,56)/t40-,41-,44+/m0/s1. The highest BCUT2D eigenvalue weighted by Gasteiger charge is 2.39. The van der Waals surface area contributed by atoms with E-state index in [0.29, 0.717) is 47.0 Å². The third kappa shape index (κ3) is 9.02. The van der Waals surface area contributed by atoms with Crippen LogP contribution in [0.2, 0.25) is 10.0 Å². The zero-order valence-electron chi connectivity index (χ0n) is 33.5. The molecule has 1 saturated heterocycles. The van der Waals surface area contributed by atoms with Crippen LogP contribution in [-0.2, 0) is 35.6 Å². The summed E-state index contributed by atoms with van der Waals surface area (Å²) in [4.78, 5) is 48.7. The lowest BCUT2D eigenvalue weighted by atomic mass is 9.92. The van der Waals surface area contributed by atoms with Gasteiger partial charge >= 0.3 is 12.0 Å². The maximum atomic E-state index is 14.2. The number of carboxylic acid groups (broad SMARTS) is 1. The number of carbonyl (C=O) groups is 3. The van der Waals surface area contributed by atoms with Crippen molar-refractivity contribution in [2.45, 2.75) is 77.3 Å². The summed E-state index contributed by atoms with van der Waals surface area (Å²) < 4.78 is 18.7. The van der Waals surface area contributed by atoms with Gasteiger partial charge in [0.15, 0.2) is 17.6 Å². The van der Waals surface area contributed by atoms with E-state index in [0.717, 1.165) is 69.5 Å². The number of ether oxygens (including phenoxy) is 3. The summed E-state index contributed by atoms with van der Waals surface area (Å²) in [6.45, 7) is 5.95. The average molecular weight is 850 g/mol. The van der Waals surface area contributed by atoms with Gasteiger partial charge in [0.2, 0.25) is 5.91 Å². The Bertz CT molecular complexity index is 2400. The first kappa shape index (κ1) is 41.0. The van der Waals surface area contributed by atoms with E-state index >= 15 is 0 Å². The van der Waals surface area contributed by atoms with E-state index in [1.165, 1.54) is 0 Å². The van der Waals surface area contributed by atoms with Crippen LogP contribution in [0.4, 0.5) is 4.79 Å². The van der Waals surface area contributed by atoms with Crippen molar-refractivity contribution in [1.82, 2.24) is 20.1 Å². The first-order valence-corrected chi connectivity index (χ1v) is 21.0. The molecule has 3 aliphatic rings. The van der Waals surface area contributed by atoms with E-state index in [2.05, 4.69) is 10.3 Å². The molecule has 11 nitrogen and oxygen atoms in total. The number of aromatic nitrogens is 1. The first-order chi connectivity index (χ1) is 29.0. The van der Waals surface area contributed by atoms with Crippen LogP contribution < -0.4 is 19.5 Å². The van der Waals surface area contributed by atoms with Gasteiger partial charge in [0.05, 0.1) is 10.0 Å². The summed E-state index contributed by atoms with van der Waals surface area (Å²) in [5, 5.41) is 14.1. The summed E-state index contributed by atoms with van der Waals surface area (Å²) in [6, 6.07) is 24.1. The van der Waals surface area contributed by atoms with Crippen LogP contribution >= 0.6 is 23.2 Å². The number of hydrogen-bond acceptors (Lipinski definition) is 7. The SMILES string of the molecule is Cc1nccc(-c2ccc(C[C@H](NC(=O)[C@@H]3Cc4cc5c(cc4CN3C(=O)N3CCCCC3)O[C@@H](c3ccc(OCc4ccc(Cl)c(Cl)c4)cc3)CO5)C(=O)O)cc2)c1C. The van der Waals surface area contributed by atoms with Crippen molar-refractivity contribution in [2.24, 2.45) is 0 Å². The molecule has 3 amide bonds. The molecule has 0 radical (unpaired) electrons. The molecule has 4 aromatic carbocycles. The smallest absolute Gasteiger partial charge is 0.326 e. The van der Waals surface area contributed by atoms with E-state index in [1.54, 1.807) is 28.1 Å². The molecule has 8 rings (SSSR count). The van der Waals surface area contributed by atoms with Gasteiger partial charge in [-0.25, -0.2) is 9.59 Å². The molecule has 4 heterocycles. The number of pyridine rings is 1. The zero-order valence-corrected chi connectivity index (χ0v) is 35.0. The second-order valence-corrected chi connectivity index (χ2v) is 16.5. The zero-order chi connectivity index (χ0) is 41.9. The summed E-state index contributed by atoms with van der Waals surface area (Å²) in [7, 11) is 0. The predicted octanol–water partition coefficient (Wildman–Crippen LogP) is 8.91. The molecule has 1 fully saturated rings. The van der Waals surface area contributed by atoms with E-state index < -0.39 is 24.0 Å². The number of hydrogen-bond donors (Lipinski definition) is 2. The highest BCUT2D eigenvalue weighted by atomic mass is 35.5. The number of carboxylic acids is 1. The maximum absolute atomic E-state index is 14.2. The molecule has 5 aromatic rings. The fourth-order valence-electron chi connectivity index (χ4n) is 8.07. The number of likely N-dealkylation sites (tertiary alicyclic amines) is 1. The normalized spacial score (nSPS) is 17.7. The Kier molecular flexibility index (Phi) is 12.2. The molecule has 60 heavy (non-hydrogen) atoms. The largest absolute Gasteiger partial charge is 0.489 e. The molecule has 3 atom stereocenters. The molecule has 0 saturated carbocycles. The van der Waals surface area contributed by atoms with Gasteiger partial charge in [-0.1, -0.05) is 65.7 Å². The van der Waals surface area contributed by atoms with Gasteiger partial charge < -0.3 is 34.4 Å². The summed E-state index contributed by atoms with van der Waals surface area (Å²) in [5.74, 6) is 0.105. The van der Waals surface area contributed by atoms with E-state index in [1.807, 2.05) is 86.6 Å². The number of urea groups is 1. The number of nitrogens with zero attached hydrogens (tertiary/aromatic N) is 3. The second-order valence-electron chi connectivity index (χ2n) is 15.6. The number of fused-ring (bicyclic) bond motifs is 2. The molecule has 0 aliphatic carbocycles. The third-order valence-electron chi connectivity index (χ3n) is 11.6. The maximum Gasteiger partial charge on any atom is 0.326 e. The molecule has 0 unspecified atom stereocenters. The van der Waals surface area contributed by atoms with Gasteiger partial charge in [0.1, 0.15) is 31.0 Å². The van der Waals surface area contributed by atoms with Crippen LogP contribution in [-0.4, -0.2) is 69.6 Å². The van der Waals surface area contributed by atoms with Crippen LogP contribution in [0.5, 0.6) is 17.2 Å². The fourth-order valence-corrected chi connectivity index (χ4v) is 8.39. The van der Waals surface area contributed by atoms with Crippen molar-refractivity contribution < 1.29 is 33.7 Å². The summed E-state index contributed by atoms with van der Waals surface area (Å²) in [6.07, 6.45) is 4.47. The number of halogens is 2. The number of aliphatic carboxylic acids is 1. The van der Waals surface area contributed by atoms with E-state index in [4.69, 9.17) is 37.4 Å². The van der Waals surface area contributed by atoms with Crippen molar-refractivity contribution in [2.75, 3.05) is 19.7 Å². The Balaban J connectivity index is 0.971. The number of benzene rings is 4. The van der Waals surface area contributed by atoms with Crippen LogP contribution in [0.15, 0.2) is 91.1 Å². The van der Waals surface area contributed by atoms with Crippen molar-refractivity contribution in [3.63, 3.8) is 0 Å². The third-order valence-corrected chi connectivity index (χ3v) is 12.4. The molecule has 0 bridgehead atoms. The van der Waals surface area contributed by atoms with Crippen LogP contribution in [0.3, 0.4) is 0 Å². The van der Waals surface area contributed by atoms with Gasteiger partial charge in [-0.3, -0.25) is 9.78 Å². The predicted molar refractivity (Wildman–Crippen MR) is 229 cm³/mol. The van der Waals surface area contributed by atoms with Crippen LogP contribution in [0.25, 0.3) is 11.1 Å². The van der Waals surface area contributed by atoms with Crippen LogP contribution in [0, 0.1) is 13.8 Å². The molecule has 1 aromatic heterocycles. The molecule has 0 spiro atoms. The highest BCUT2D eigenvalue weighted by Crippen LogP contribution is 2.41. The van der Waals surface area contributed by atoms with Crippen molar-refractivity contribution >= 4 is 41.1 Å². The van der Waals surface area contributed by atoms with Gasteiger partial charge in [-0.2, -0.15) is 0 Å². The number of aryl methyl sites for hydroxylation is 1. The highest BCUT2D eigenvalue weighted by molar-refractivity contribution is 6.42. The minimum Gasteiger partial charge on any atom is -0.489 e. The lowest BCUT2D eigenvalue weighted by Crippen LogP contribution is -2.58. The topological polar surface area (TPSA) is 131 Å². The number of piperidine rings is 1. The quantitative estimate of drug-likeness (QED) is 0.143. The first-order valence-electron chi connectivity index (χ1n) is 20.2. The number of rotatable bonds is 10. The van der Waals surface area contributed by atoms with Crippen molar-refractivity contribution in [3.05, 3.63) is 140 Å². The Morgan fingerprint density at radius 1 is 0.883 bits per heavy atom. The van der Waals surface area contributed by atoms with E-state index in [9.17, 15) is 19.5 Å². The number of nitrogens with one attached hydrogen (secondary N) is 1. The molecular formula is C47H46Cl2N4O7. The summed E-state index contributed by atoms with van der Waals surface area (Å²) in [5.41, 5.74) is 8.32. The Morgan fingerprint density at radius 3 is 2.35 bits per heavy atom. The average Bonchev–Trinajstić information content (AvgIpc) is 3.26. The van der Waals surface area contributed by atoms with Gasteiger partial charge in [0, 0.05) is 44.4 Å². The molecular weight excluding hydrogens is 803 g/mol. The van der Waals surface area contributed by atoms with Gasteiger partial charge in [-0.05, 0) is 120 Å². The van der Waals surface area contributed by atoms with Gasteiger partial charge in [-0.15, -0.1) is 0 Å². The molecule has 13 heteroatoms. The molecule has 3 aliphatic heterocycles. The van der Waals surface area contributed by atoms with E-state index in [-0.39, 0.29) is 38.1 Å². The Hall–Kier alpha value is -5.78.